The summed E-state index contributed by atoms with van der Waals surface area (Å²) in [6.07, 6.45) is 10.9. The first-order valence-electron chi connectivity index (χ1n) is 7.34. The first-order valence-corrected chi connectivity index (χ1v) is 7.34. The van der Waals surface area contributed by atoms with Crippen LogP contribution in [0.3, 0.4) is 0 Å². The zero-order valence-electron chi connectivity index (χ0n) is 11.4. The fourth-order valence-corrected chi connectivity index (χ4v) is 3.49. The Labute approximate surface area is 106 Å². The number of rotatable bonds is 4. The first kappa shape index (κ1) is 12.9. The van der Waals surface area contributed by atoms with Crippen LogP contribution in [-0.4, -0.2) is 11.9 Å². The van der Waals surface area contributed by atoms with Crippen molar-refractivity contribution in [3.8, 4) is 0 Å². The maximum atomic E-state index is 11.9. The number of hydrogen-bond acceptors (Lipinski definition) is 1. The van der Waals surface area contributed by atoms with Crippen LogP contribution < -0.4 is 5.32 Å². The zero-order valence-corrected chi connectivity index (χ0v) is 11.4. The van der Waals surface area contributed by atoms with Crippen LogP contribution in [0.5, 0.6) is 0 Å². The molecule has 17 heavy (non-hydrogen) atoms. The van der Waals surface area contributed by atoms with Gasteiger partial charge in [0.2, 0.25) is 5.91 Å². The van der Waals surface area contributed by atoms with Crippen molar-refractivity contribution in [3.05, 3.63) is 0 Å². The molecule has 0 bridgehead atoms. The van der Waals surface area contributed by atoms with Gasteiger partial charge in [-0.15, -0.1) is 0 Å². The van der Waals surface area contributed by atoms with Gasteiger partial charge in [-0.3, -0.25) is 4.79 Å². The Morgan fingerprint density at radius 1 is 1.24 bits per heavy atom. The molecule has 2 nitrogen and oxygen atoms in total. The van der Waals surface area contributed by atoms with Gasteiger partial charge in [-0.2, -0.15) is 0 Å². The molecular weight excluding hydrogens is 210 g/mol. The van der Waals surface area contributed by atoms with Crippen molar-refractivity contribution in [1.82, 2.24) is 5.32 Å². The third-order valence-corrected chi connectivity index (χ3v) is 4.59. The number of amides is 1. The molecule has 2 aliphatic carbocycles. The molecule has 2 rings (SSSR count). The lowest BCUT2D eigenvalue weighted by Gasteiger charge is -2.18. The maximum absolute atomic E-state index is 11.9. The van der Waals surface area contributed by atoms with E-state index in [2.05, 4.69) is 19.2 Å². The Hall–Kier alpha value is -0.530. The molecule has 0 aromatic carbocycles. The summed E-state index contributed by atoms with van der Waals surface area (Å²) in [6, 6.07) is 0.445. The maximum Gasteiger partial charge on any atom is 0.220 e. The van der Waals surface area contributed by atoms with E-state index in [0.29, 0.717) is 17.4 Å². The number of carbonyl (C=O) groups is 1. The summed E-state index contributed by atoms with van der Waals surface area (Å²) in [7, 11) is 0. The fraction of sp³-hybridized carbons (Fsp3) is 0.933. The molecular formula is C15H27NO. The van der Waals surface area contributed by atoms with E-state index in [9.17, 15) is 4.79 Å². The molecule has 0 aliphatic heterocycles. The third-order valence-electron chi connectivity index (χ3n) is 4.59. The highest BCUT2D eigenvalue weighted by molar-refractivity contribution is 5.76. The predicted octanol–water partition coefficient (Wildman–Crippen LogP) is 3.65. The lowest BCUT2D eigenvalue weighted by Crippen LogP contribution is -2.33. The Bertz CT molecular complexity index is 266. The van der Waals surface area contributed by atoms with Crippen LogP contribution in [0.15, 0.2) is 0 Å². The van der Waals surface area contributed by atoms with E-state index in [0.717, 1.165) is 25.2 Å². The van der Waals surface area contributed by atoms with E-state index < -0.39 is 0 Å². The van der Waals surface area contributed by atoms with Crippen LogP contribution in [0.25, 0.3) is 0 Å². The van der Waals surface area contributed by atoms with Gasteiger partial charge >= 0.3 is 0 Å². The second-order valence-corrected chi connectivity index (χ2v) is 6.86. The van der Waals surface area contributed by atoms with E-state index in [1.165, 1.54) is 38.5 Å². The largest absolute Gasteiger partial charge is 0.353 e. The molecule has 0 spiro atoms. The van der Waals surface area contributed by atoms with Crippen molar-refractivity contribution in [2.75, 3.05) is 0 Å². The minimum absolute atomic E-state index is 0.291. The molecule has 0 aromatic heterocycles. The van der Waals surface area contributed by atoms with Crippen LogP contribution in [0.1, 0.15) is 71.6 Å². The topological polar surface area (TPSA) is 29.1 Å². The number of hydrogen-bond donors (Lipinski definition) is 1. The summed E-state index contributed by atoms with van der Waals surface area (Å²) in [6.45, 7) is 4.61. The Morgan fingerprint density at radius 2 is 1.94 bits per heavy atom. The summed E-state index contributed by atoms with van der Waals surface area (Å²) in [5.74, 6) is 1.13. The molecule has 1 amide bonds. The van der Waals surface area contributed by atoms with Crippen molar-refractivity contribution >= 4 is 5.91 Å². The molecule has 2 aliphatic rings. The second kappa shape index (κ2) is 5.41. The van der Waals surface area contributed by atoms with E-state index in [1.807, 2.05) is 0 Å². The van der Waals surface area contributed by atoms with Crippen LogP contribution in [-0.2, 0) is 4.79 Å². The Kier molecular flexibility index (Phi) is 4.11. The fourth-order valence-electron chi connectivity index (χ4n) is 3.49. The molecule has 1 N–H and O–H groups in total. The highest BCUT2D eigenvalue weighted by Crippen LogP contribution is 2.37. The Morgan fingerprint density at radius 3 is 2.53 bits per heavy atom. The lowest BCUT2D eigenvalue weighted by molar-refractivity contribution is -0.122. The molecule has 0 heterocycles. The van der Waals surface area contributed by atoms with Crippen molar-refractivity contribution in [2.24, 2.45) is 11.3 Å². The van der Waals surface area contributed by atoms with E-state index in [1.54, 1.807) is 0 Å². The SMILES string of the molecule is CC1(C)CCC(NC(=O)CCC2CCCC2)C1. The number of carbonyl (C=O) groups excluding carboxylic acids is 1. The highest BCUT2D eigenvalue weighted by atomic mass is 16.1. The van der Waals surface area contributed by atoms with Crippen molar-refractivity contribution in [1.29, 1.82) is 0 Å². The molecule has 0 aromatic rings. The highest BCUT2D eigenvalue weighted by Gasteiger charge is 2.31. The van der Waals surface area contributed by atoms with Gasteiger partial charge in [-0.25, -0.2) is 0 Å². The van der Waals surface area contributed by atoms with Crippen LogP contribution in [0.4, 0.5) is 0 Å². The molecule has 0 saturated heterocycles. The first-order chi connectivity index (χ1) is 8.05. The average molecular weight is 237 g/mol. The van der Waals surface area contributed by atoms with Gasteiger partial charge in [0.25, 0.3) is 0 Å². The van der Waals surface area contributed by atoms with E-state index >= 15 is 0 Å². The van der Waals surface area contributed by atoms with Gasteiger partial charge in [0.05, 0.1) is 0 Å². The average Bonchev–Trinajstić information content (AvgIpc) is 2.85. The smallest absolute Gasteiger partial charge is 0.220 e. The summed E-state index contributed by atoms with van der Waals surface area (Å²) in [4.78, 5) is 11.9. The van der Waals surface area contributed by atoms with Gasteiger partial charge in [0.15, 0.2) is 0 Å². The normalized spacial score (nSPS) is 28.5. The van der Waals surface area contributed by atoms with Gasteiger partial charge < -0.3 is 5.32 Å². The van der Waals surface area contributed by atoms with E-state index in [-0.39, 0.29) is 0 Å². The van der Waals surface area contributed by atoms with Gasteiger partial charge in [0, 0.05) is 12.5 Å². The lowest BCUT2D eigenvalue weighted by atomic mass is 9.92. The second-order valence-electron chi connectivity index (χ2n) is 6.86. The molecule has 1 atom stereocenters. The molecule has 2 fully saturated rings. The molecule has 1 unspecified atom stereocenters. The van der Waals surface area contributed by atoms with Crippen molar-refractivity contribution < 1.29 is 4.79 Å². The molecule has 98 valence electrons. The quantitative estimate of drug-likeness (QED) is 0.794. The van der Waals surface area contributed by atoms with Crippen molar-refractivity contribution in [2.45, 2.75) is 77.7 Å². The minimum atomic E-state index is 0.291. The molecule has 0 radical (unpaired) electrons. The summed E-state index contributed by atoms with van der Waals surface area (Å²) in [5.41, 5.74) is 0.434. The molecule has 2 heteroatoms. The van der Waals surface area contributed by atoms with Gasteiger partial charge in [-0.1, -0.05) is 39.5 Å². The molecule has 2 saturated carbocycles. The van der Waals surface area contributed by atoms with Crippen LogP contribution in [0.2, 0.25) is 0 Å². The third kappa shape index (κ3) is 4.01. The van der Waals surface area contributed by atoms with Crippen LogP contribution >= 0.6 is 0 Å². The number of nitrogens with one attached hydrogen (secondary N) is 1. The van der Waals surface area contributed by atoms with Crippen molar-refractivity contribution in [3.63, 3.8) is 0 Å². The Balaban J connectivity index is 1.64. The zero-order chi connectivity index (χ0) is 12.3. The summed E-state index contributed by atoms with van der Waals surface area (Å²) >= 11 is 0. The van der Waals surface area contributed by atoms with Crippen LogP contribution in [0, 0.1) is 11.3 Å². The summed E-state index contributed by atoms with van der Waals surface area (Å²) in [5, 5.41) is 3.22. The predicted molar refractivity (Wildman–Crippen MR) is 70.8 cm³/mol. The van der Waals surface area contributed by atoms with Gasteiger partial charge in [0.1, 0.15) is 0 Å². The van der Waals surface area contributed by atoms with Gasteiger partial charge in [-0.05, 0) is 37.0 Å². The minimum Gasteiger partial charge on any atom is -0.353 e. The van der Waals surface area contributed by atoms with E-state index in [4.69, 9.17) is 0 Å². The summed E-state index contributed by atoms with van der Waals surface area (Å²) < 4.78 is 0. The standard InChI is InChI=1S/C15H27NO/c1-15(2)10-9-13(11-15)16-14(17)8-7-12-5-3-4-6-12/h12-13H,3-11H2,1-2H3,(H,16,17). The monoisotopic (exact) mass is 237 g/mol.